The molecule has 180 valence electrons. The smallest absolute Gasteiger partial charge is 0.411 e. The second-order valence-electron chi connectivity index (χ2n) is 9.50. The standard InChI is InChI=1S/C27H33N3O4/c1-17(2)34-27(31)29-19-10-8-18(9-11-19)26-25(28)23-13-12-21(33-16-22-7-4-14-32-22)15-24(23)30(26)20-5-3-6-20/h8-13,15,17,20,22H,3-7,14,16,28H2,1-2H3,(H,29,31)/t22-/m1/s1. The maximum atomic E-state index is 11.9. The van der Waals surface area contributed by atoms with E-state index >= 15 is 0 Å². The largest absolute Gasteiger partial charge is 0.491 e. The van der Waals surface area contributed by atoms with Gasteiger partial charge in [0.05, 0.1) is 29.1 Å². The van der Waals surface area contributed by atoms with Gasteiger partial charge in [-0.25, -0.2) is 4.79 Å². The minimum Gasteiger partial charge on any atom is -0.491 e. The molecule has 1 aromatic heterocycles. The van der Waals surface area contributed by atoms with E-state index in [0.717, 1.165) is 65.9 Å². The molecular weight excluding hydrogens is 430 g/mol. The zero-order valence-corrected chi connectivity index (χ0v) is 19.9. The van der Waals surface area contributed by atoms with E-state index in [1.54, 1.807) is 0 Å². The lowest BCUT2D eigenvalue weighted by Crippen LogP contribution is -2.18. The highest BCUT2D eigenvalue weighted by Gasteiger charge is 2.27. The van der Waals surface area contributed by atoms with Crippen LogP contribution in [0.4, 0.5) is 16.2 Å². The van der Waals surface area contributed by atoms with Crippen molar-refractivity contribution >= 4 is 28.4 Å². The first kappa shape index (κ1) is 22.6. The number of hydrogen-bond donors (Lipinski definition) is 2. The van der Waals surface area contributed by atoms with Crippen molar-refractivity contribution in [3.05, 3.63) is 42.5 Å². The van der Waals surface area contributed by atoms with Crippen LogP contribution in [-0.4, -0.2) is 36.1 Å². The first-order valence-electron chi connectivity index (χ1n) is 12.3. The highest BCUT2D eigenvalue weighted by molar-refractivity contribution is 6.01. The van der Waals surface area contributed by atoms with Crippen molar-refractivity contribution in [1.82, 2.24) is 4.57 Å². The number of amides is 1. The Morgan fingerprint density at radius 2 is 1.94 bits per heavy atom. The van der Waals surface area contributed by atoms with Gasteiger partial charge in [-0.3, -0.25) is 5.32 Å². The van der Waals surface area contributed by atoms with Crippen LogP contribution in [0.25, 0.3) is 22.2 Å². The van der Waals surface area contributed by atoms with Gasteiger partial charge in [0.25, 0.3) is 0 Å². The number of nitrogens with one attached hydrogen (secondary N) is 1. The second kappa shape index (κ2) is 9.58. The second-order valence-corrected chi connectivity index (χ2v) is 9.50. The van der Waals surface area contributed by atoms with Crippen molar-refractivity contribution < 1.29 is 19.0 Å². The quantitative estimate of drug-likeness (QED) is 0.440. The molecule has 0 bridgehead atoms. The molecule has 7 heteroatoms. The number of ether oxygens (including phenoxy) is 3. The first-order chi connectivity index (χ1) is 16.5. The number of carbonyl (C=O) groups excluding carboxylic acids is 1. The Morgan fingerprint density at radius 3 is 2.59 bits per heavy atom. The summed E-state index contributed by atoms with van der Waals surface area (Å²) in [5, 5.41) is 3.81. The summed E-state index contributed by atoms with van der Waals surface area (Å²) in [4.78, 5) is 11.9. The van der Waals surface area contributed by atoms with Crippen molar-refractivity contribution in [3.8, 4) is 17.0 Å². The van der Waals surface area contributed by atoms with Gasteiger partial charge in [0, 0.05) is 35.4 Å². The maximum absolute atomic E-state index is 11.9. The van der Waals surface area contributed by atoms with E-state index in [0.29, 0.717) is 18.3 Å². The number of hydrogen-bond acceptors (Lipinski definition) is 5. The number of benzene rings is 2. The first-order valence-corrected chi connectivity index (χ1v) is 12.3. The highest BCUT2D eigenvalue weighted by atomic mass is 16.6. The Balaban J connectivity index is 1.45. The average Bonchev–Trinajstić information content (AvgIpc) is 3.38. The molecule has 2 heterocycles. The number of rotatable bonds is 7. The van der Waals surface area contributed by atoms with Gasteiger partial charge in [-0.1, -0.05) is 12.1 Å². The monoisotopic (exact) mass is 463 g/mol. The van der Waals surface area contributed by atoms with Crippen LogP contribution < -0.4 is 15.8 Å². The SMILES string of the molecule is CC(C)OC(=O)Nc1ccc(-c2c(N)c3ccc(OC[C@H]4CCCO4)cc3n2C2CCC2)cc1. The Morgan fingerprint density at radius 1 is 1.15 bits per heavy atom. The van der Waals surface area contributed by atoms with Gasteiger partial charge in [0.15, 0.2) is 0 Å². The molecule has 1 aliphatic heterocycles. The van der Waals surface area contributed by atoms with E-state index in [4.69, 9.17) is 19.9 Å². The summed E-state index contributed by atoms with van der Waals surface area (Å²) in [7, 11) is 0. The molecule has 1 saturated heterocycles. The van der Waals surface area contributed by atoms with Gasteiger partial charge in [0.1, 0.15) is 12.4 Å². The number of nitrogens with two attached hydrogens (primary N) is 1. The summed E-state index contributed by atoms with van der Waals surface area (Å²) < 4.78 is 19.3. The highest BCUT2D eigenvalue weighted by Crippen LogP contribution is 2.45. The van der Waals surface area contributed by atoms with Crippen LogP contribution in [0.15, 0.2) is 42.5 Å². The summed E-state index contributed by atoms with van der Waals surface area (Å²) in [6, 6.07) is 14.4. The number of nitrogens with zero attached hydrogens (tertiary/aromatic N) is 1. The van der Waals surface area contributed by atoms with E-state index < -0.39 is 6.09 Å². The van der Waals surface area contributed by atoms with Crippen molar-refractivity contribution in [1.29, 1.82) is 0 Å². The molecule has 1 saturated carbocycles. The fourth-order valence-electron chi connectivity index (χ4n) is 4.76. The number of fused-ring (bicyclic) bond motifs is 1. The molecule has 0 spiro atoms. The van der Waals surface area contributed by atoms with E-state index in [1.807, 2.05) is 44.2 Å². The number of aromatic nitrogens is 1. The molecule has 5 rings (SSSR count). The third kappa shape index (κ3) is 4.57. The van der Waals surface area contributed by atoms with Crippen LogP contribution in [0.2, 0.25) is 0 Å². The fourth-order valence-corrected chi connectivity index (χ4v) is 4.76. The van der Waals surface area contributed by atoms with Crippen LogP contribution >= 0.6 is 0 Å². The average molecular weight is 464 g/mol. The van der Waals surface area contributed by atoms with E-state index in [1.165, 1.54) is 6.42 Å². The summed E-state index contributed by atoms with van der Waals surface area (Å²) in [6.45, 7) is 5.05. The van der Waals surface area contributed by atoms with Crippen molar-refractivity contribution in [2.75, 3.05) is 24.3 Å². The van der Waals surface area contributed by atoms with Crippen LogP contribution in [0.1, 0.15) is 52.0 Å². The van der Waals surface area contributed by atoms with E-state index in [9.17, 15) is 4.79 Å². The molecule has 7 nitrogen and oxygen atoms in total. The maximum Gasteiger partial charge on any atom is 0.411 e. The third-order valence-electron chi connectivity index (χ3n) is 6.66. The number of nitrogen functional groups attached to an aromatic ring is 1. The fraction of sp³-hybridized carbons (Fsp3) is 0.444. The Labute approximate surface area is 200 Å². The molecule has 0 unspecified atom stereocenters. The zero-order valence-electron chi connectivity index (χ0n) is 19.9. The van der Waals surface area contributed by atoms with Gasteiger partial charge in [0.2, 0.25) is 0 Å². The third-order valence-corrected chi connectivity index (χ3v) is 6.66. The molecule has 3 N–H and O–H groups in total. The molecule has 0 radical (unpaired) electrons. The summed E-state index contributed by atoms with van der Waals surface area (Å²) in [5.74, 6) is 0.843. The normalized spacial score (nSPS) is 18.3. The summed E-state index contributed by atoms with van der Waals surface area (Å²) >= 11 is 0. The van der Waals surface area contributed by atoms with Gasteiger partial charge >= 0.3 is 6.09 Å². The van der Waals surface area contributed by atoms with Crippen molar-refractivity contribution in [3.63, 3.8) is 0 Å². The van der Waals surface area contributed by atoms with Crippen LogP contribution in [0.5, 0.6) is 5.75 Å². The van der Waals surface area contributed by atoms with E-state index in [-0.39, 0.29) is 12.2 Å². The molecule has 2 fully saturated rings. The molecular formula is C27H33N3O4. The Bertz CT molecular complexity index is 1160. The van der Waals surface area contributed by atoms with Crippen molar-refractivity contribution in [2.45, 2.75) is 64.2 Å². The lowest BCUT2D eigenvalue weighted by atomic mass is 9.92. The molecule has 2 aromatic carbocycles. The lowest BCUT2D eigenvalue weighted by Gasteiger charge is -2.30. The molecule has 1 aliphatic carbocycles. The van der Waals surface area contributed by atoms with Crippen LogP contribution in [-0.2, 0) is 9.47 Å². The molecule has 34 heavy (non-hydrogen) atoms. The van der Waals surface area contributed by atoms with Gasteiger partial charge in [-0.15, -0.1) is 0 Å². The van der Waals surface area contributed by atoms with E-state index in [2.05, 4.69) is 22.0 Å². The minimum atomic E-state index is -0.457. The summed E-state index contributed by atoms with van der Waals surface area (Å²) in [6.07, 6.45) is 5.20. The minimum absolute atomic E-state index is 0.170. The summed E-state index contributed by atoms with van der Waals surface area (Å²) in [5.41, 5.74) is 11.3. The predicted molar refractivity (Wildman–Crippen MR) is 134 cm³/mol. The Kier molecular flexibility index (Phi) is 6.37. The van der Waals surface area contributed by atoms with Crippen LogP contribution in [0.3, 0.4) is 0 Å². The van der Waals surface area contributed by atoms with Gasteiger partial charge in [-0.2, -0.15) is 0 Å². The lowest BCUT2D eigenvalue weighted by molar-refractivity contribution is 0.0680. The predicted octanol–water partition coefficient (Wildman–Crippen LogP) is 6.13. The molecule has 1 amide bonds. The molecule has 3 aromatic rings. The Hall–Kier alpha value is -3.19. The van der Waals surface area contributed by atoms with Gasteiger partial charge < -0.3 is 24.5 Å². The zero-order chi connectivity index (χ0) is 23.7. The van der Waals surface area contributed by atoms with Gasteiger partial charge in [-0.05, 0) is 70.2 Å². The molecule has 2 aliphatic rings. The number of carbonyl (C=O) groups is 1. The van der Waals surface area contributed by atoms with Crippen molar-refractivity contribution in [2.24, 2.45) is 0 Å². The molecule has 1 atom stereocenters. The van der Waals surface area contributed by atoms with Crippen LogP contribution in [0, 0.1) is 0 Å². The number of anilines is 2. The topological polar surface area (TPSA) is 87.7 Å².